The van der Waals surface area contributed by atoms with Gasteiger partial charge in [0.2, 0.25) is 5.91 Å². The molecular weight excluding hydrogens is 250 g/mol. The molecule has 98 valence electrons. The second-order valence-electron chi connectivity index (χ2n) is 4.76. The third kappa shape index (κ3) is 1.99. The predicted octanol–water partition coefficient (Wildman–Crippen LogP) is 2.96. The number of nitrogens with one attached hydrogen (secondary N) is 1. The largest absolute Gasteiger partial charge is 0.330 e. The van der Waals surface area contributed by atoms with E-state index in [-0.39, 0.29) is 12.5 Å². The van der Waals surface area contributed by atoms with Crippen molar-refractivity contribution in [3.05, 3.63) is 53.6 Å². The van der Waals surface area contributed by atoms with Gasteiger partial charge in [-0.1, -0.05) is 12.1 Å². The minimum Gasteiger partial charge on any atom is -0.330 e. The van der Waals surface area contributed by atoms with E-state index in [1.165, 1.54) is 0 Å². The molecule has 0 atom stereocenters. The standard InChI is InChI=1S/C16H13N3O/c1-11-8-13(7-6-12(11)9-17)19-10-16(20)18-14-4-2-3-5-15(14)19/h2-8H,10H2,1H3,(H,18,20). The molecule has 0 radical (unpaired) electrons. The number of hydrogen-bond acceptors (Lipinski definition) is 3. The van der Waals surface area contributed by atoms with Crippen molar-refractivity contribution in [2.75, 3.05) is 16.8 Å². The molecule has 4 heteroatoms. The van der Waals surface area contributed by atoms with Gasteiger partial charge in [-0.3, -0.25) is 4.79 Å². The molecule has 0 unspecified atom stereocenters. The first kappa shape index (κ1) is 12.2. The number of amides is 1. The van der Waals surface area contributed by atoms with Crippen LogP contribution in [0.3, 0.4) is 0 Å². The fraction of sp³-hybridized carbons (Fsp3) is 0.125. The Kier molecular flexibility index (Phi) is 2.88. The maximum atomic E-state index is 11.8. The molecule has 3 rings (SSSR count). The van der Waals surface area contributed by atoms with Crippen molar-refractivity contribution in [3.8, 4) is 6.07 Å². The van der Waals surface area contributed by atoms with Crippen molar-refractivity contribution in [1.29, 1.82) is 5.26 Å². The third-order valence-corrected chi connectivity index (χ3v) is 3.41. The topological polar surface area (TPSA) is 56.1 Å². The van der Waals surface area contributed by atoms with Crippen molar-refractivity contribution >= 4 is 23.0 Å². The normalized spacial score (nSPS) is 13.4. The van der Waals surface area contributed by atoms with Gasteiger partial charge >= 0.3 is 0 Å². The number of rotatable bonds is 1. The van der Waals surface area contributed by atoms with Gasteiger partial charge in [0.15, 0.2) is 0 Å². The molecule has 0 spiro atoms. The van der Waals surface area contributed by atoms with E-state index in [0.717, 1.165) is 22.6 Å². The minimum atomic E-state index is -0.0364. The van der Waals surface area contributed by atoms with E-state index in [0.29, 0.717) is 5.56 Å². The Morgan fingerprint density at radius 1 is 1.25 bits per heavy atom. The van der Waals surface area contributed by atoms with Crippen molar-refractivity contribution < 1.29 is 4.79 Å². The summed E-state index contributed by atoms with van der Waals surface area (Å²) in [5.74, 6) is -0.0364. The highest BCUT2D eigenvalue weighted by molar-refractivity contribution is 6.03. The van der Waals surface area contributed by atoms with Gasteiger partial charge in [-0.2, -0.15) is 5.26 Å². The molecule has 20 heavy (non-hydrogen) atoms. The van der Waals surface area contributed by atoms with Gasteiger partial charge in [-0.05, 0) is 42.8 Å². The van der Waals surface area contributed by atoms with Crippen LogP contribution in [-0.2, 0) is 4.79 Å². The average molecular weight is 263 g/mol. The summed E-state index contributed by atoms with van der Waals surface area (Å²) in [6.45, 7) is 2.18. The van der Waals surface area contributed by atoms with Crippen LogP contribution in [-0.4, -0.2) is 12.5 Å². The Morgan fingerprint density at radius 2 is 2.05 bits per heavy atom. The van der Waals surface area contributed by atoms with Gasteiger partial charge in [-0.15, -0.1) is 0 Å². The smallest absolute Gasteiger partial charge is 0.244 e. The number of para-hydroxylation sites is 2. The first-order valence-electron chi connectivity index (χ1n) is 6.36. The van der Waals surface area contributed by atoms with Gasteiger partial charge in [-0.25, -0.2) is 0 Å². The molecule has 0 aliphatic carbocycles. The second-order valence-corrected chi connectivity index (χ2v) is 4.76. The number of nitrogens with zero attached hydrogens (tertiary/aromatic N) is 2. The lowest BCUT2D eigenvalue weighted by Crippen LogP contribution is -2.35. The van der Waals surface area contributed by atoms with Crippen LogP contribution in [0.1, 0.15) is 11.1 Å². The Bertz CT molecular complexity index is 731. The Balaban J connectivity index is 2.09. The summed E-state index contributed by atoms with van der Waals surface area (Å²) in [5.41, 5.74) is 4.27. The number of aryl methyl sites for hydroxylation is 1. The maximum Gasteiger partial charge on any atom is 0.244 e. The summed E-state index contributed by atoms with van der Waals surface area (Å²) in [6, 6.07) is 15.5. The van der Waals surface area contributed by atoms with Gasteiger partial charge in [0.1, 0.15) is 6.54 Å². The van der Waals surface area contributed by atoms with Crippen LogP contribution in [0.5, 0.6) is 0 Å². The monoisotopic (exact) mass is 263 g/mol. The van der Waals surface area contributed by atoms with Crippen LogP contribution in [0, 0.1) is 18.3 Å². The lowest BCUT2D eigenvalue weighted by Gasteiger charge is -2.31. The number of carbonyl (C=O) groups excluding carboxylic acids is 1. The van der Waals surface area contributed by atoms with Crippen molar-refractivity contribution in [2.24, 2.45) is 0 Å². The minimum absolute atomic E-state index is 0.0364. The van der Waals surface area contributed by atoms with Crippen molar-refractivity contribution in [3.63, 3.8) is 0 Å². The summed E-state index contributed by atoms with van der Waals surface area (Å²) >= 11 is 0. The quantitative estimate of drug-likeness (QED) is 0.860. The van der Waals surface area contributed by atoms with Crippen molar-refractivity contribution in [1.82, 2.24) is 0 Å². The Hall–Kier alpha value is -2.80. The van der Waals surface area contributed by atoms with E-state index in [4.69, 9.17) is 5.26 Å². The van der Waals surface area contributed by atoms with E-state index in [1.54, 1.807) is 6.07 Å². The molecule has 1 aliphatic heterocycles. The lowest BCUT2D eigenvalue weighted by atomic mass is 10.1. The SMILES string of the molecule is Cc1cc(N2CC(=O)Nc3ccccc32)ccc1C#N. The number of anilines is 3. The van der Waals surface area contributed by atoms with E-state index in [1.807, 2.05) is 48.2 Å². The fourth-order valence-electron chi connectivity index (χ4n) is 2.40. The molecule has 0 fully saturated rings. The van der Waals surface area contributed by atoms with Crippen LogP contribution in [0.4, 0.5) is 17.1 Å². The number of benzene rings is 2. The number of nitriles is 1. The highest BCUT2D eigenvalue weighted by Gasteiger charge is 2.22. The molecule has 2 aromatic rings. The fourth-order valence-corrected chi connectivity index (χ4v) is 2.40. The first-order chi connectivity index (χ1) is 9.69. The van der Waals surface area contributed by atoms with E-state index in [9.17, 15) is 4.79 Å². The molecular formula is C16H13N3O. The zero-order chi connectivity index (χ0) is 14.1. The van der Waals surface area contributed by atoms with Crippen LogP contribution < -0.4 is 10.2 Å². The zero-order valence-corrected chi connectivity index (χ0v) is 11.1. The third-order valence-electron chi connectivity index (χ3n) is 3.41. The summed E-state index contributed by atoms with van der Waals surface area (Å²) < 4.78 is 0. The number of fused-ring (bicyclic) bond motifs is 1. The van der Waals surface area contributed by atoms with Crippen LogP contribution in [0.2, 0.25) is 0 Å². The van der Waals surface area contributed by atoms with Gasteiger partial charge in [0, 0.05) is 5.69 Å². The van der Waals surface area contributed by atoms with Gasteiger partial charge in [0.25, 0.3) is 0 Å². The van der Waals surface area contributed by atoms with Crippen LogP contribution in [0.15, 0.2) is 42.5 Å². The lowest BCUT2D eigenvalue weighted by molar-refractivity contribution is -0.115. The highest BCUT2D eigenvalue weighted by Crippen LogP contribution is 2.35. The molecule has 2 aromatic carbocycles. The predicted molar refractivity (Wildman–Crippen MR) is 78.0 cm³/mol. The number of carbonyl (C=O) groups is 1. The van der Waals surface area contributed by atoms with E-state index < -0.39 is 0 Å². The summed E-state index contributed by atoms with van der Waals surface area (Å²) in [6.07, 6.45) is 0. The molecule has 0 saturated carbocycles. The molecule has 0 bridgehead atoms. The number of hydrogen-bond donors (Lipinski definition) is 1. The Labute approximate surface area is 117 Å². The second kappa shape index (κ2) is 4.71. The molecule has 0 saturated heterocycles. The average Bonchev–Trinajstić information content (AvgIpc) is 2.46. The van der Waals surface area contributed by atoms with E-state index in [2.05, 4.69) is 11.4 Å². The Morgan fingerprint density at radius 3 is 2.80 bits per heavy atom. The first-order valence-corrected chi connectivity index (χ1v) is 6.36. The van der Waals surface area contributed by atoms with Crippen molar-refractivity contribution in [2.45, 2.75) is 6.92 Å². The maximum absolute atomic E-state index is 11.8. The van der Waals surface area contributed by atoms with Crippen LogP contribution in [0.25, 0.3) is 0 Å². The summed E-state index contributed by atoms with van der Waals surface area (Å²) in [7, 11) is 0. The molecule has 1 heterocycles. The summed E-state index contributed by atoms with van der Waals surface area (Å²) in [5, 5.41) is 11.9. The zero-order valence-electron chi connectivity index (χ0n) is 11.1. The molecule has 1 N–H and O–H groups in total. The van der Waals surface area contributed by atoms with E-state index >= 15 is 0 Å². The molecule has 1 amide bonds. The van der Waals surface area contributed by atoms with Crippen LogP contribution >= 0.6 is 0 Å². The molecule has 1 aliphatic rings. The summed E-state index contributed by atoms with van der Waals surface area (Å²) in [4.78, 5) is 13.8. The van der Waals surface area contributed by atoms with Gasteiger partial charge in [0.05, 0.1) is 23.0 Å². The molecule has 4 nitrogen and oxygen atoms in total. The molecule has 0 aromatic heterocycles. The highest BCUT2D eigenvalue weighted by atomic mass is 16.2. The van der Waals surface area contributed by atoms with Gasteiger partial charge < -0.3 is 10.2 Å².